The first-order chi connectivity index (χ1) is 32.9. The number of unbranched alkanes of at least 4 members (excludes halogenated alkanes) is 32. The Hall–Kier alpha value is -1.77. The molecule has 3 atom stereocenters. The molecule has 400 valence electrons. The summed E-state index contributed by atoms with van der Waals surface area (Å²) in [5.41, 5.74) is 0. The molecule has 0 aromatic heterocycles. The molecule has 0 radical (unpaired) electrons. The molecule has 0 spiro atoms. The number of hydrogen-bond donors (Lipinski definition) is 2. The van der Waals surface area contributed by atoms with E-state index in [1.807, 2.05) is 33.3 Å². The van der Waals surface area contributed by atoms with Gasteiger partial charge in [0, 0.05) is 12.8 Å². The Morgan fingerprint density at radius 1 is 0.500 bits per heavy atom. The van der Waals surface area contributed by atoms with E-state index >= 15 is 0 Å². The normalized spacial score (nSPS) is 14.0. The maximum absolute atomic E-state index is 13.5. The Balaban J connectivity index is 5.40. The lowest BCUT2D eigenvalue weighted by molar-refractivity contribution is -0.870. The van der Waals surface area contributed by atoms with Gasteiger partial charge in [-0.05, 0) is 83.1 Å². The fourth-order valence-electron chi connectivity index (χ4n) is 8.28. The Labute approximate surface area is 421 Å². The largest absolute Gasteiger partial charge is 0.472 e. The van der Waals surface area contributed by atoms with E-state index in [1.54, 1.807) is 0 Å². The van der Waals surface area contributed by atoms with Gasteiger partial charge in [0.2, 0.25) is 5.91 Å². The van der Waals surface area contributed by atoms with Crippen molar-refractivity contribution in [3.05, 3.63) is 36.5 Å². The number of nitrogens with one attached hydrogen (secondary N) is 1. The zero-order chi connectivity index (χ0) is 50.1. The van der Waals surface area contributed by atoms with Crippen LogP contribution in [0.1, 0.15) is 271 Å². The van der Waals surface area contributed by atoms with Crippen LogP contribution in [-0.4, -0.2) is 74.3 Å². The van der Waals surface area contributed by atoms with Gasteiger partial charge in [0.25, 0.3) is 0 Å². The topological polar surface area (TPSA) is 111 Å². The van der Waals surface area contributed by atoms with Crippen molar-refractivity contribution >= 4 is 19.7 Å². The zero-order valence-electron chi connectivity index (χ0n) is 45.6. The molecule has 0 aromatic rings. The third-order valence-electron chi connectivity index (χ3n) is 12.8. The van der Waals surface area contributed by atoms with Crippen LogP contribution in [0.5, 0.6) is 0 Å². The van der Waals surface area contributed by atoms with Crippen molar-refractivity contribution in [1.82, 2.24) is 5.32 Å². The molecule has 0 aliphatic heterocycles. The van der Waals surface area contributed by atoms with Gasteiger partial charge in [-0.25, -0.2) is 4.57 Å². The average Bonchev–Trinajstić information content (AvgIpc) is 3.29. The summed E-state index contributed by atoms with van der Waals surface area (Å²) in [5, 5.41) is 3.04. The maximum atomic E-state index is 13.5. The maximum Gasteiger partial charge on any atom is 0.472 e. The van der Waals surface area contributed by atoms with Crippen molar-refractivity contribution in [2.45, 2.75) is 283 Å². The highest BCUT2D eigenvalue weighted by atomic mass is 31.2. The number of hydrogen-bond acceptors (Lipinski definition) is 6. The number of allylic oxidation sites excluding steroid dienone is 5. The van der Waals surface area contributed by atoms with E-state index in [0.717, 1.165) is 77.0 Å². The second kappa shape index (κ2) is 48.8. The van der Waals surface area contributed by atoms with E-state index in [2.05, 4.69) is 50.4 Å². The Morgan fingerprint density at radius 3 is 1.28 bits per heavy atom. The van der Waals surface area contributed by atoms with Gasteiger partial charge in [-0.3, -0.25) is 18.6 Å². The van der Waals surface area contributed by atoms with Crippen LogP contribution < -0.4 is 5.32 Å². The zero-order valence-corrected chi connectivity index (χ0v) is 46.5. The molecule has 0 fully saturated rings. The smallest absolute Gasteiger partial charge is 0.456 e. The van der Waals surface area contributed by atoms with Crippen LogP contribution >= 0.6 is 7.82 Å². The molecule has 9 nitrogen and oxygen atoms in total. The number of nitrogens with zero attached hydrogens (tertiary/aromatic N) is 1. The molecule has 0 aromatic carbocycles. The van der Waals surface area contributed by atoms with Gasteiger partial charge in [0.05, 0.1) is 33.8 Å². The summed E-state index contributed by atoms with van der Waals surface area (Å²) in [6.45, 7) is 6.99. The number of phosphoric acid groups is 1. The molecule has 0 heterocycles. The summed E-state index contributed by atoms with van der Waals surface area (Å²) < 4.78 is 30.6. The van der Waals surface area contributed by atoms with E-state index in [9.17, 15) is 19.0 Å². The molecule has 0 aliphatic rings. The first-order valence-electron chi connectivity index (χ1n) is 28.8. The third-order valence-corrected chi connectivity index (χ3v) is 13.8. The predicted octanol–water partition coefficient (Wildman–Crippen LogP) is 17.2. The number of likely N-dealkylation sites (N-methyl/N-ethyl adjacent to an activating group) is 1. The highest BCUT2D eigenvalue weighted by Crippen LogP contribution is 2.43. The van der Waals surface area contributed by atoms with Gasteiger partial charge in [-0.1, -0.05) is 212 Å². The third kappa shape index (κ3) is 49.2. The van der Waals surface area contributed by atoms with Crippen LogP contribution in [0.4, 0.5) is 0 Å². The minimum atomic E-state index is -4.44. The Morgan fingerprint density at radius 2 is 0.853 bits per heavy atom. The number of carbonyl (C=O) groups is 2. The molecule has 0 bridgehead atoms. The quantitative estimate of drug-likeness (QED) is 0.0205. The number of amides is 1. The molecule has 1 amide bonds. The molecular formula is C58H112N2O7P+. The molecule has 0 saturated carbocycles. The highest BCUT2D eigenvalue weighted by Gasteiger charge is 2.30. The monoisotopic (exact) mass is 980 g/mol. The van der Waals surface area contributed by atoms with Gasteiger partial charge in [0.15, 0.2) is 0 Å². The SMILES string of the molecule is CCCCCC/C=C\CCCCCCCCCC(=O)OC(/C=C/CCCCCCCCCCCCC)C(COP(=O)(O)OCC[N+](C)(C)C)NC(=O)CCCCC/C=C\CCCCCCCCC. The number of quaternary nitrogens is 1. The first kappa shape index (κ1) is 66.2. The number of rotatable bonds is 52. The van der Waals surface area contributed by atoms with Gasteiger partial charge in [-0.15, -0.1) is 0 Å². The standard InChI is InChI=1S/C58H111N2O7P/c1-7-10-13-16-19-22-25-28-30-33-36-39-42-45-48-51-58(62)67-56(49-46-43-40-37-34-31-27-24-21-18-15-12-9-3)55(54-66-68(63,64)65-53-52-60(4,5)6)59-57(61)50-47-44-41-38-35-32-29-26-23-20-17-14-11-8-2/h22,25,32,35,46,49,55-56H,7-21,23-24,26-31,33-34,36-45,47-48,50-54H2,1-6H3,(H-,59,61,63,64)/p+1/b25-22-,35-32-,49-46+. The highest BCUT2D eigenvalue weighted by molar-refractivity contribution is 7.47. The number of carbonyl (C=O) groups excluding carboxylic acids is 2. The van der Waals surface area contributed by atoms with E-state index in [-0.39, 0.29) is 31.5 Å². The molecule has 0 rings (SSSR count). The van der Waals surface area contributed by atoms with Crippen LogP contribution in [0.3, 0.4) is 0 Å². The van der Waals surface area contributed by atoms with Gasteiger partial charge < -0.3 is 19.4 Å². The van der Waals surface area contributed by atoms with Gasteiger partial charge in [0.1, 0.15) is 19.3 Å². The Kier molecular flexibility index (Phi) is 47.6. The molecule has 3 unspecified atom stereocenters. The molecule has 0 saturated heterocycles. The summed E-state index contributed by atoms with van der Waals surface area (Å²) in [7, 11) is 1.49. The molecule has 10 heteroatoms. The first-order valence-corrected chi connectivity index (χ1v) is 30.3. The lowest BCUT2D eigenvalue weighted by Crippen LogP contribution is -2.47. The van der Waals surface area contributed by atoms with Crippen molar-refractivity contribution in [1.29, 1.82) is 0 Å². The predicted molar refractivity (Wildman–Crippen MR) is 291 cm³/mol. The van der Waals surface area contributed by atoms with Crippen molar-refractivity contribution in [2.24, 2.45) is 0 Å². The van der Waals surface area contributed by atoms with Crippen molar-refractivity contribution in [3.63, 3.8) is 0 Å². The van der Waals surface area contributed by atoms with Crippen LogP contribution in [0.25, 0.3) is 0 Å². The van der Waals surface area contributed by atoms with Gasteiger partial charge in [-0.2, -0.15) is 0 Å². The lowest BCUT2D eigenvalue weighted by atomic mass is 10.0. The number of esters is 1. The van der Waals surface area contributed by atoms with Crippen molar-refractivity contribution in [3.8, 4) is 0 Å². The minimum Gasteiger partial charge on any atom is -0.456 e. The van der Waals surface area contributed by atoms with E-state index in [4.69, 9.17) is 13.8 Å². The summed E-state index contributed by atoms with van der Waals surface area (Å²) in [6, 6.07) is -0.854. The molecular weight excluding hydrogens is 868 g/mol. The Bertz CT molecular complexity index is 1270. The van der Waals surface area contributed by atoms with Crippen LogP contribution in [-0.2, 0) is 27.9 Å². The fourth-order valence-corrected chi connectivity index (χ4v) is 9.02. The summed E-state index contributed by atoms with van der Waals surface area (Å²) in [6.07, 6.45) is 57.0. The number of phosphoric ester groups is 1. The second-order valence-electron chi connectivity index (χ2n) is 20.8. The van der Waals surface area contributed by atoms with Crippen molar-refractivity contribution in [2.75, 3.05) is 40.9 Å². The van der Waals surface area contributed by atoms with E-state index < -0.39 is 20.0 Å². The molecule has 0 aliphatic carbocycles. The van der Waals surface area contributed by atoms with E-state index in [1.165, 1.54) is 161 Å². The lowest BCUT2D eigenvalue weighted by Gasteiger charge is -2.27. The number of ether oxygens (including phenoxy) is 1. The van der Waals surface area contributed by atoms with Crippen LogP contribution in [0.2, 0.25) is 0 Å². The van der Waals surface area contributed by atoms with E-state index in [0.29, 0.717) is 17.4 Å². The summed E-state index contributed by atoms with van der Waals surface area (Å²) in [4.78, 5) is 37.5. The summed E-state index contributed by atoms with van der Waals surface area (Å²) in [5.74, 6) is -0.522. The van der Waals surface area contributed by atoms with Crippen LogP contribution in [0, 0.1) is 0 Å². The molecule has 2 N–H and O–H groups in total. The summed E-state index contributed by atoms with van der Waals surface area (Å²) >= 11 is 0. The van der Waals surface area contributed by atoms with Crippen LogP contribution in [0.15, 0.2) is 36.5 Å². The van der Waals surface area contributed by atoms with Crippen molar-refractivity contribution < 1.29 is 37.3 Å². The average molecular weight is 981 g/mol. The fraction of sp³-hybridized carbons (Fsp3) is 0.862. The van der Waals surface area contributed by atoms with Gasteiger partial charge >= 0.3 is 13.8 Å². The minimum absolute atomic E-state index is 0.0382. The molecule has 68 heavy (non-hydrogen) atoms. The second-order valence-corrected chi connectivity index (χ2v) is 22.3.